The van der Waals surface area contributed by atoms with E-state index in [9.17, 15) is 4.79 Å². The molecule has 0 bridgehead atoms. The average molecular weight is 299 g/mol. The molecule has 0 radical (unpaired) electrons. The molecule has 0 spiro atoms. The maximum absolute atomic E-state index is 12.6. The van der Waals surface area contributed by atoms with Crippen LogP contribution in [0.25, 0.3) is 5.69 Å². The second kappa shape index (κ2) is 6.27. The first-order chi connectivity index (χ1) is 10.7. The van der Waals surface area contributed by atoms with Gasteiger partial charge in [0.05, 0.1) is 5.69 Å². The van der Waals surface area contributed by atoms with Gasteiger partial charge in [-0.2, -0.15) is 5.10 Å². The highest BCUT2D eigenvalue weighted by Gasteiger charge is 2.26. The largest absolute Gasteiger partial charge is 0.338 e. The van der Waals surface area contributed by atoms with Crippen LogP contribution in [0.4, 0.5) is 0 Å². The Morgan fingerprint density at radius 3 is 3.00 bits per heavy atom. The minimum absolute atomic E-state index is 0.117. The Morgan fingerprint density at radius 2 is 2.32 bits per heavy atom. The molecule has 1 saturated heterocycles. The molecule has 1 fully saturated rings. The van der Waals surface area contributed by atoms with Gasteiger partial charge in [0.1, 0.15) is 12.7 Å². The summed E-state index contributed by atoms with van der Waals surface area (Å²) in [5.41, 5.74) is 2.71. The van der Waals surface area contributed by atoms with Gasteiger partial charge in [-0.05, 0) is 56.6 Å². The van der Waals surface area contributed by atoms with Crippen LogP contribution in [0.1, 0.15) is 22.3 Å². The smallest absolute Gasteiger partial charge is 0.253 e. The molecule has 22 heavy (non-hydrogen) atoms. The van der Waals surface area contributed by atoms with Crippen molar-refractivity contribution >= 4 is 5.91 Å². The fourth-order valence-electron chi connectivity index (χ4n) is 3.03. The molecule has 2 heterocycles. The number of aromatic nitrogens is 3. The van der Waals surface area contributed by atoms with Crippen molar-refractivity contribution in [2.45, 2.75) is 13.3 Å². The van der Waals surface area contributed by atoms with Crippen molar-refractivity contribution in [2.75, 3.05) is 26.7 Å². The average Bonchev–Trinajstić information content (AvgIpc) is 3.18. The zero-order valence-electron chi connectivity index (χ0n) is 13.0. The van der Waals surface area contributed by atoms with E-state index in [0.29, 0.717) is 5.92 Å². The van der Waals surface area contributed by atoms with Crippen LogP contribution in [0.2, 0.25) is 0 Å². The van der Waals surface area contributed by atoms with Crippen molar-refractivity contribution < 1.29 is 4.79 Å². The standard InChI is InChI=1S/C16H21N5O/c1-12-7-14(3-4-15(12)21-11-18-10-19-21)16(22)20-6-5-13(9-20)8-17-2/h3-4,7,10-11,13,17H,5-6,8-9H2,1-2H3. The van der Waals surface area contributed by atoms with E-state index in [1.54, 1.807) is 11.0 Å². The van der Waals surface area contributed by atoms with Crippen LogP contribution in [0, 0.1) is 12.8 Å². The molecule has 6 heteroatoms. The Bertz CT molecular complexity index is 653. The van der Waals surface area contributed by atoms with Gasteiger partial charge >= 0.3 is 0 Å². The molecule has 1 atom stereocenters. The van der Waals surface area contributed by atoms with Crippen LogP contribution in [0.5, 0.6) is 0 Å². The maximum Gasteiger partial charge on any atom is 0.253 e. The van der Waals surface area contributed by atoms with Crippen molar-refractivity contribution in [3.05, 3.63) is 42.0 Å². The highest BCUT2D eigenvalue weighted by atomic mass is 16.2. The van der Waals surface area contributed by atoms with E-state index in [4.69, 9.17) is 0 Å². The topological polar surface area (TPSA) is 63.1 Å². The summed E-state index contributed by atoms with van der Waals surface area (Å²) in [5, 5.41) is 7.32. The highest BCUT2D eigenvalue weighted by Crippen LogP contribution is 2.20. The predicted molar refractivity (Wildman–Crippen MR) is 84.0 cm³/mol. The fraction of sp³-hybridized carbons (Fsp3) is 0.438. The third-order valence-electron chi connectivity index (χ3n) is 4.18. The molecule has 1 aliphatic heterocycles. The van der Waals surface area contributed by atoms with Gasteiger partial charge < -0.3 is 10.2 Å². The summed E-state index contributed by atoms with van der Waals surface area (Å²) in [7, 11) is 1.96. The van der Waals surface area contributed by atoms with Gasteiger partial charge in [0.2, 0.25) is 0 Å². The summed E-state index contributed by atoms with van der Waals surface area (Å²) < 4.78 is 1.71. The van der Waals surface area contributed by atoms with Crippen LogP contribution >= 0.6 is 0 Å². The van der Waals surface area contributed by atoms with Crippen LogP contribution in [-0.2, 0) is 0 Å². The quantitative estimate of drug-likeness (QED) is 0.923. The lowest BCUT2D eigenvalue weighted by atomic mass is 10.1. The highest BCUT2D eigenvalue weighted by molar-refractivity contribution is 5.94. The molecular weight excluding hydrogens is 278 g/mol. The first-order valence-electron chi connectivity index (χ1n) is 7.58. The Labute approximate surface area is 130 Å². The minimum Gasteiger partial charge on any atom is -0.338 e. The maximum atomic E-state index is 12.6. The van der Waals surface area contributed by atoms with Crippen LogP contribution in [0.15, 0.2) is 30.9 Å². The first-order valence-corrected chi connectivity index (χ1v) is 7.58. The Morgan fingerprint density at radius 1 is 1.45 bits per heavy atom. The summed E-state index contributed by atoms with van der Waals surface area (Å²) in [4.78, 5) is 18.5. The van der Waals surface area contributed by atoms with E-state index in [1.165, 1.54) is 6.33 Å². The van der Waals surface area contributed by atoms with Crippen LogP contribution in [-0.4, -0.2) is 52.3 Å². The van der Waals surface area contributed by atoms with Gasteiger partial charge in [0.15, 0.2) is 0 Å². The van der Waals surface area contributed by atoms with E-state index in [-0.39, 0.29) is 5.91 Å². The third kappa shape index (κ3) is 2.87. The lowest BCUT2D eigenvalue weighted by Gasteiger charge is -2.17. The second-order valence-corrected chi connectivity index (χ2v) is 5.80. The Balaban J connectivity index is 1.75. The molecule has 1 amide bonds. The zero-order chi connectivity index (χ0) is 15.5. The summed E-state index contributed by atoms with van der Waals surface area (Å²) in [6, 6.07) is 5.74. The summed E-state index contributed by atoms with van der Waals surface area (Å²) >= 11 is 0. The number of carbonyl (C=O) groups excluding carboxylic acids is 1. The molecule has 1 N–H and O–H groups in total. The number of nitrogens with one attached hydrogen (secondary N) is 1. The molecule has 116 valence electrons. The van der Waals surface area contributed by atoms with Crippen molar-refractivity contribution in [2.24, 2.45) is 5.92 Å². The summed E-state index contributed by atoms with van der Waals surface area (Å²) in [5.74, 6) is 0.677. The summed E-state index contributed by atoms with van der Waals surface area (Å²) in [6.07, 6.45) is 4.24. The van der Waals surface area contributed by atoms with Crippen LogP contribution < -0.4 is 5.32 Å². The van der Waals surface area contributed by atoms with Gasteiger partial charge in [-0.25, -0.2) is 9.67 Å². The van der Waals surface area contributed by atoms with Gasteiger partial charge in [0.25, 0.3) is 5.91 Å². The van der Waals surface area contributed by atoms with E-state index in [0.717, 1.165) is 42.9 Å². The van der Waals surface area contributed by atoms with Crippen molar-refractivity contribution in [1.82, 2.24) is 25.0 Å². The van der Waals surface area contributed by atoms with Crippen molar-refractivity contribution in [3.8, 4) is 5.69 Å². The molecule has 2 aromatic rings. The number of hydrogen-bond donors (Lipinski definition) is 1. The van der Waals surface area contributed by atoms with E-state index >= 15 is 0 Å². The third-order valence-corrected chi connectivity index (χ3v) is 4.18. The predicted octanol–water partition coefficient (Wildman–Crippen LogP) is 1.26. The molecular formula is C16H21N5O. The minimum atomic E-state index is 0.117. The number of amides is 1. The molecule has 1 aliphatic rings. The molecule has 3 rings (SSSR count). The normalized spacial score (nSPS) is 17.9. The molecule has 0 saturated carbocycles. The number of benzene rings is 1. The number of likely N-dealkylation sites (tertiary alicyclic amines) is 1. The monoisotopic (exact) mass is 299 g/mol. The number of nitrogens with zero attached hydrogens (tertiary/aromatic N) is 4. The van der Waals surface area contributed by atoms with Gasteiger partial charge in [-0.3, -0.25) is 4.79 Å². The van der Waals surface area contributed by atoms with Gasteiger partial charge in [-0.15, -0.1) is 0 Å². The number of carbonyl (C=O) groups is 1. The number of hydrogen-bond acceptors (Lipinski definition) is 4. The molecule has 6 nitrogen and oxygen atoms in total. The SMILES string of the molecule is CNCC1CCN(C(=O)c2ccc(-n3cncn3)c(C)c2)C1. The van der Waals surface area contributed by atoms with Crippen LogP contribution in [0.3, 0.4) is 0 Å². The Kier molecular flexibility index (Phi) is 4.20. The molecule has 0 aliphatic carbocycles. The fourth-order valence-corrected chi connectivity index (χ4v) is 3.03. The van der Waals surface area contributed by atoms with E-state index in [1.807, 2.05) is 37.1 Å². The van der Waals surface area contributed by atoms with Crippen molar-refractivity contribution in [1.29, 1.82) is 0 Å². The first kappa shape index (κ1) is 14.7. The lowest BCUT2D eigenvalue weighted by Crippen LogP contribution is -2.30. The molecule has 1 aromatic heterocycles. The molecule has 1 aromatic carbocycles. The number of rotatable bonds is 4. The van der Waals surface area contributed by atoms with E-state index < -0.39 is 0 Å². The molecule has 1 unspecified atom stereocenters. The summed E-state index contributed by atoms with van der Waals surface area (Å²) in [6.45, 7) is 4.63. The van der Waals surface area contributed by atoms with Gasteiger partial charge in [-0.1, -0.05) is 0 Å². The van der Waals surface area contributed by atoms with E-state index in [2.05, 4.69) is 15.4 Å². The number of aryl methyl sites for hydroxylation is 1. The van der Waals surface area contributed by atoms with Crippen molar-refractivity contribution in [3.63, 3.8) is 0 Å². The van der Waals surface area contributed by atoms with Gasteiger partial charge in [0, 0.05) is 18.7 Å². The lowest BCUT2D eigenvalue weighted by molar-refractivity contribution is 0.0787. The Hall–Kier alpha value is -2.21. The zero-order valence-corrected chi connectivity index (χ0v) is 13.0. The second-order valence-electron chi connectivity index (χ2n) is 5.80.